The Hall–Kier alpha value is -0.0400. The summed E-state index contributed by atoms with van der Waals surface area (Å²) in [6, 6.07) is 0. The average Bonchev–Trinajstić information content (AvgIpc) is 1.99. The highest BCUT2D eigenvalue weighted by Gasteiger charge is 2.73. The van der Waals surface area contributed by atoms with Gasteiger partial charge in [0.1, 0.15) is 0 Å². The normalized spacial score (nSPS) is 70.2. The summed E-state index contributed by atoms with van der Waals surface area (Å²) in [5, 5.41) is 0. The monoisotopic (exact) mass is 164 g/mol. The summed E-state index contributed by atoms with van der Waals surface area (Å²) in [6.45, 7) is 0. The molecule has 0 bridgehead atoms. The molecule has 12 heavy (non-hydrogen) atoms. The molecular weight excluding hydrogens is 148 g/mol. The fourth-order valence-corrected chi connectivity index (χ4v) is 4.79. The van der Waals surface area contributed by atoms with Crippen molar-refractivity contribution < 1.29 is 4.74 Å². The molecule has 0 heterocycles. The van der Waals surface area contributed by atoms with E-state index in [0.717, 1.165) is 23.7 Å². The molecule has 4 aliphatic rings. The first kappa shape index (κ1) is 6.42. The van der Waals surface area contributed by atoms with E-state index in [-0.39, 0.29) is 0 Å². The van der Waals surface area contributed by atoms with Crippen molar-refractivity contribution in [2.24, 2.45) is 35.5 Å². The van der Waals surface area contributed by atoms with Gasteiger partial charge in [-0.1, -0.05) is 0 Å². The van der Waals surface area contributed by atoms with Gasteiger partial charge in [-0.25, -0.2) is 0 Å². The highest BCUT2D eigenvalue weighted by Crippen LogP contribution is 2.77. The van der Waals surface area contributed by atoms with Gasteiger partial charge in [-0.3, -0.25) is 0 Å². The van der Waals surface area contributed by atoms with Crippen LogP contribution in [0.5, 0.6) is 0 Å². The van der Waals surface area contributed by atoms with Crippen LogP contribution in [0, 0.1) is 35.5 Å². The Bertz CT molecular complexity index is 233. The van der Waals surface area contributed by atoms with Crippen LogP contribution in [0.3, 0.4) is 0 Å². The van der Waals surface area contributed by atoms with Crippen LogP contribution in [0.15, 0.2) is 0 Å². The molecule has 4 rings (SSSR count). The predicted molar refractivity (Wildman–Crippen MR) is 45.6 cm³/mol. The third-order valence-corrected chi connectivity index (χ3v) is 5.49. The second-order valence-corrected chi connectivity index (χ2v) is 5.31. The first-order valence-corrected chi connectivity index (χ1v) is 5.44. The van der Waals surface area contributed by atoms with E-state index in [1.807, 2.05) is 7.11 Å². The van der Waals surface area contributed by atoms with Crippen molar-refractivity contribution in [3.8, 4) is 0 Å². The second kappa shape index (κ2) is 1.75. The van der Waals surface area contributed by atoms with E-state index in [0.29, 0.717) is 6.10 Å². The van der Waals surface area contributed by atoms with Gasteiger partial charge >= 0.3 is 0 Å². The molecule has 7 atom stereocenters. The minimum absolute atomic E-state index is 0.665. The molecule has 0 aliphatic heterocycles. The lowest BCUT2D eigenvalue weighted by molar-refractivity contribution is -0.325. The summed E-state index contributed by atoms with van der Waals surface area (Å²) in [5.41, 5.74) is 0. The van der Waals surface area contributed by atoms with E-state index in [4.69, 9.17) is 4.74 Å². The van der Waals surface area contributed by atoms with E-state index in [1.165, 1.54) is 18.3 Å². The quantitative estimate of drug-likeness (QED) is 0.575. The van der Waals surface area contributed by atoms with Crippen LogP contribution in [0.25, 0.3) is 0 Å². The van der Waals surface area contributed by atoms with Gasteiger partial charge in [0.25, 0.3) is 0 Å². The lowest BCUT2D eigenvalue weighted by atomic mass is 9.27. The molecule has 0 saturated heterocycles. The van der Waals surface area contributed by atoms with Crippen molar-refractivity contribution in [1.82, 2.24) is 0 Å². The standard InChI is InChI=1S/C11H16O/c1-12-8-4-7-9-5-2-3-6(5)11(9)10(7)8/h5-11H,2-4H2,1H3. The van der Waals surface area contributed by atoms with Gasteiger partial charge in [0.2, 0.25) is 0 Å². The van der Waals surface area contributed by atoms with E-state index >= 15 is 0 Å². The Morgan fingerprint density at radius 2 is 1.67 bits per heavy atom. The van der Waals surface area contributed by atoms with E-state index < -0.39 is 0 Å². The van der Waals surface area contributed by atoms with Gasteiger partial charge in [-0.05, 0) is 54.8 Å². The van der Waals surface area contributed by atoms with Crippen LogP contribution in [0.2, 0.25) is 0 Å². The van der Waals surface area contributed by atoms with Crippen molar-refractivity contribution in [3.05, 3.63) is 0 Å². The van der Waals surface area contributed by atoms with Crippen LogP contribution in [-0.2, 0) is 4.74 Å². The first-order chi connectivity index (χ1) is 5.92. The predicted octanol–water partition coefficient (Wildman–Crippen LogP) is 1.92. The van der Waals surface area contributed by atoms with Gasteiger partial charge < -0.3 is 4.74 Å². The van der Waals surface area contributed by atoms with Crippen LogP contribution < -0.4 is 0 Å². The molecule has 0 aromatic rings. The lowest BCUT2D eigenvalue weighted by Gasteiger charge is -2.78. The van der Waals surface area contributed by atoms with Crippen LogP contribution >= 0.6 is 0 Å². The van der Waals surface area contributed by atoms with Crippen LogP contribution in [0.4, 0.5) is 0 Å². The minimum Gasteiger partial charge on any atom is -0.381 e. The summed E-state index contributed by atoms with van der Waals surface area (Å²) in [5.74, 6) is 6.79. The fourth-order valence-electron chi connectivity index (χ4n) is 4.79. The maximum atomic E-state index is 5.48. The smallest absolute Gasteiger partial charge is 0.0608 e. The minimum atomic E-state index is 0.665. The molecule has 1 nitrogen and oxygen atoms in total. The Balaban J connectivity index is 1.57. The second-order valence-electron chi connectivity index (χ2n) is 5.31. The molecule has 66 valence electrons. The summed E-state index contributed by atoms with van der Waals surface area (Å²) in [6.07, 6.45) is 5.17. The highest BCUT2D eigenvalue weighted by atomic mass is 16.5. The molecule has 0 amide bonds. The van der Waals surface area contributed by atoms with Crippen molar-refractivity contribution in [3.63, 3.8) is 0 Å². The molecule has 4 aliphatic carbocycles. The molecule has 0 spiro atoms. The SMILES string of the molecule is COC1CC2C1C1C3CCC3C21. The first-order valence-electron chi connectivity index (χ1n) is 5.44. The van der Waals surface area contributed by atoms with Crippen LogP contribution in [-0.4, -0.2) is 13.2 Å². The third kappa shape index (κ3) is 0.433. The number of methoxy groups -OCH3 is 1. The maximum absolute atomic E-state index is 5.48. The largest absolute Gasteiger partial charge is 0.381 e. The molecule has 1 heteroatoms. The topological polar surface area (TPSA) is 9.23 Å². The van der Waals surface area contributed by atoms with Gasteiger partial charge in [0.15, 0.2) is 0 Å². The van der Waals surface area contributed by atoms with E-state index in [1.54, 1.807) is 12.8 Å². The van der Waals surface area contributed by atoms with Crippen molar-refractivity contribution >= 4 is 0 Å². The van der Waals surface area contributed by atoms with Gasteiger partial charge in [0, 0.05) is 7.11 Å². The van der Waals surface area contributed by atoms with E-state index in [2.05, 4.69) is 0 Å². The Morgan fingerprint density at radius 3 is 2.33 bits per heavy atom. The lowest BCUT2D eigenvalue weighted by Crippen LogP contribution is -2.75. The molecule has 0 aromatic heterocycles. The number of rotatable bonds is 1. The van der Waals surface area contributed by atoms with Gasteiger partial charge in [0.05, 0.1) is 6.10 Å². The van der Waals surface area contributed by atoms with Crippen molar-refractivity contribution in [1.29, 1.82) is 0 Å². The van der Waals surface area contributed by atoms with Crippen LogP contribution in [0.1, 0.15) is 19.3 Å². The zero-order valence-electron chi connectivity index (χ0n) is 7.57. The van der Waals surface area contributed by atoms with Crippen molar-refractivity contribution in [2.45, 2.75) is 25.4 Å². The Kier molecular flexibility index (Phi) is 0.934. The summed E-state index contributed by atoms with van der Waals surface area (Å²) < 4.78 is 5.48. The van der Waals surface area contributed by atoms with E-state index in [9.17, 15) is 0 Å². The number of fused-ring (bicyclic) bond motifs is 7. The highest BCUT2D eigenvalue weighted by molar-refractivity contribution is 5.21. The summed E-state index contributed by atoms with van der Waals surface area (Å²) >= 11 is 0. The maximum Gasteiger partial charge on any atom is 0.0608 e. The molecule has 0 aromatic carbocycles. The summed E-state index contributed by atoms with van der Waals surface area (Å²) in [4.78, 5) is 0. The average molecular weight is 164 g/mol. The number of hydrogen-bond donors (Lipinski definition) is 0. The van der Waals surface area contributed by atoms with Gasteiger partial charge in [-0.2, -0.15) is 0 Å². The Morgan fingerprint density at radius 1 is 0.917 bits per heavy atom. The molecule has 4 fully saturated rings. The van der Waals surface area contributed by atoms with Crippen molar-refractivity contribution in [2.75, 3.05) is 7.11 Å². The molecule has 0 radical (unpaired) electrons. The zero-order chi connectivity index (χ0) is 7.87. The molecular formula is C11H16O. The molecule has 4 saturated carbocycles. The third-order valence-electron chi connectivity index (χ3n) is 5.49. The summed E-state index contributed by atoms with van der Waals surface area (Å²) in [7, 11) is 1.89. The van der Waals surface area contributed by atoms with Gasteiger partial charge in [-0.15, -0.1) is 0 Å². The number of ether oxygens (including phenoxy) is 1. The zero-order valence-corrected chi connectivity index (χ0v) is 7.57. The fraction of sp³-hybridized carbons (Fsp3) is 1.00. The number of hydrogen-bond acceptors (Lipinski definition) is 1. The molecule has 7 unspecified atom stereocenters. The molecule has 0 N–H and O–H groups in total. The Labute approximate surface area is 73.5 Å².